The summed E-state index contributed by atoms with van der Waals surface area (Å²) in [5.41, 5.74) is 3.07. The Morgan fingerprint density at radius 2 is 1.38 bits per heavy atom. The first-order valence-corrected chi connectivity index (χ1v) is 6.89. The molecule has 0 atom stereocenters. The molecule has 4 heteroatoms. The third-order valence-corrected chi connectivity index (χ3v) is 3.69. The fourth-order valence-corrected chi connectivity index (χ4v) is 2.63. The van der Waals surface area contributed by atoms with Crippen molar-refractivity contribution in [2.45, 2.75) is 13.1 Å². The van der Waals surface area contributed by atoms with Gasteiger partial charge in [0.05, 0.1) is 17.7 Å². The lowest BCUT2D eigenvalue weighted by atomic mass is 10.1. The standard InChI is InChI=1S/C17H16N2O2/c1-18-10-12-6-2-3-7-13(12)11-19-16(20)14-8-4-5-9-15(14)17(19)21/h2-9,18H,10-11H2,1H3. The Bertz CT molecular complexity index is 674. The Balaban J connectivity index is 1.91. The fourth-order valence-electron chi connectivity index (χ4n) is 2.63. The maximum atomic E-state index is 12.4. The number of carbonyl (C=O) groups is 2. The maximum absolute atomic E-state index is 12.4. The highest BCUT2D eigenvalue weighted by Crippen LogP contribution is 2.25. The molecule has 0 saturated carbocycles. The van der Waals surface area contributed by atoms with Gasteiger partial charge < -0.3 is 5.32 Å². The molecule has 106 valence electrons. The zero-order chi connectivity index (χ0) is 14.8. The van der Waals surface area contributed by atoms with Crippen molar-refractivity contribution in [1.82, 2.24) is 10.2 Å². The van der Waals surface area contributed by atoms with Crippen LogP contribution in [0.5, 0.6) is 0 Å². The molecule has 2 amide bonds. The van der Waals surface area contributed by atoms with E-state index >= 15 is 0 Å². The Morgan fingerprint density at radius 3 is 1.95 bits per heavy atom. The maximum Gasteiger partial charge on any atom is 0.261 e. The van der Waals surface area contributed by atoms with Crippen LogP contribution in [0, 0.1) is 0 Å². The third-order valence-electron chi connectivity index (χ3n) is 3.69. The van der Waals surface area contributed by atoms with Crippen LogP contribution >= 0.6 is 0 Å². The van der Waals surface area contributed by atoms with Gasteiger partial charge in [-0.2, -0.15) is 0 Å². The van der Waals surface area contributed by atoms with Crippen LogP contribution in [-0.2, 0) is 13.1 Å². The van der Waals surface area contributed by atoms with Crippen molar-refractivity contribution >= 4 is 11.8 Å². The average molecular weight is 280 g/mol. The van der Waals surface area contributed by atoms with Crippen molar-refractivity contribution in [2.75, 3.05) is 7.05 Å². The quantitative estimate of drug-likeness (QED) is 0.874. The highest BCUT2D eigenvalue weighted by Gasteiger charge is 2.35. The number of nitrogens with zero attached hydrogens (tertiary/aromatic N) is 1. The summed E-state index contributed by atoms with van der Waals surface area (Å²) in [5, 5.41) is 3.10. The molecule has 0 saturated heterocycles. The van der Waals surface area contributed by atoms with Gasteiger partial charge in [-0.15, -0.1) is 0 Å². The molecule has 2 aromatic rings. The largest absolute Gasteiger partial charge is 0.316 e. The van der Waals surface area contributed by atoms with Crippen LogP contribution in [-0.4, -0.2) is 23.8 Å². The summed E-state index contributed by atoms with van der Waals surface area (Å²) >= 11 is 0. The normalized spacial score (nSPS) is 13.7. The minimum atomic E-state index is -0.213. The van der Waals surface area contributed by atoms with Crippen molar-refractivity contribution in [2.24, 2.45) is 0 Å². The molecular weight excluding hydrogens is 264 g/mol. The molecule has 4 nitrogen and oxygen atoms in total. The summed E-state index contributed by atoms with van der Waals surface area (Å²) in [6.07, 6.45) is 0. The van der Waals surface area contributed by atoms with E-state index in [1.54, 1.807) is 24.3 Å². The van der Waals surface area contributed by atoms with Crippen LogP contribution in [0.25, 0.3) is 0 Å². The summed E-state index contributed by atoms with van der Waals surface area (Å²) in [7, 11) is 1.87. The smallest absolute Gasteiger partial charge is 0.261 e. The Kier molecular flexibility index (Phi) is 3.54. The van der Waals surface area contributed by atoms with E-state index in [2.05, 4.69) is 5.32 Å². The monoisotopic (exact) mass is 280 g/mol. The summed E-state index contributed by atoms with van der Waals surface area (Å²) < 4.78 is 0. The van der Waals surface area contributed by atoms with E-state index in [4.69, 9.17) is 0 Å². The summed E-state index contributed by atoms with van der Waals surface area (Å²) in [6.45, 7) is 1.02. The molecule has 3 rings (SSSR count). The van der Waals surface area contributed by atoms with Crippen LogP contribution < -0.4 is 5.32 Å². The molecule has 21 heavy (non-hydrogen) atoms. The van der Waals surface area contributed by atoms with Gasteiger partial charge in [0.2, 0.25) is 0 Å². The lowest BCUT2D eigenvalue weighted by Crippen LogP contribution is -2.29. The minimum Gasteiger partial charge on any atom is -0.316 e. The van der Waals surface area contributed by atoms with Gasteiger partial charge in [-0.1, -0.05) is 36.4 Å². The zero-order valence-electron chi connectivity index (χ0n) is 11.8. The molecule has 1 aliphatic heterocycles. The molecule has 0 fully saturated rings. The number of hydrogen-bond donors (Lipinski definition) is 1. The van der Waals surface area contributed by atoms with Crippen molar-refractivity contribution in [3.8, 4) is 0 Å². The van der Waals surface area contributed by atoms with Crippen LogP contribution in [0.4, 0.5) is 0 Å². The van der Waals surface area contributed by atoms with Gasteiger partial charge in [0.15, 0.2) is 0 Å². The minimum absolute atomic E-state index is 0.213. The molecule has 1 aliphatic rings. The van der Waals surface area contributed by atoms with Gasteiger partial charge in [0, 0.05) is 6.54 Å². The predicted molar refractivity (Wildman–Crippen MR) is 79.9 cm³/mol. The second kappa shape index (κ2) is 5.50. The molecule has 0 aliphatic carbocycles. The third kappa shape index (κ3) is 2.34. The molecule has 2 aromatic carbocycles. The highest BCUT2D eigenvalue weighted by atomic mass is 16.2. The highest BCUT2D eigenvalue weighted by molar-refractivity contribution is 6.21. The Morgan fingerprint density at radius 1 is 0.857 bits per heavy atom. The number of amides is 2. The van der Waals surface area contributed by atoms with E-state index in [9.17, 15) is 9.59 Å². The molecular formula is C17H16N2O2. The number of hydrogen-bond acceptors (Lipinski definition) is 3. The first kappa shape index (κ1) is 13.5. The van der Waals surface area contributed by atoms with E-state index in [-0.39, 0.29) is 11.8 Å². The Hall–Kier alpha value is -2.46. The lowest BCUT2D eigenvalue weighted by Gasteiger charge is -2.16. The SMILES string of the molecule is CNCc1ccccc1CN1C(=O)c2ccccc2C1=O. The summed E-state index contributed by atoms with van der Waals surface area (Å²) in [4.78, 5) is 26.1. The predicted octanol–water partition coefficient (Wildman–Crippen LogP) is 2.20. The zero-order valence-corrected chi connectivity index (χ0v) is 11.8. The van der Waals surface area contributed by atoms with Gasteiger partial charge in [0.1, 0.15) is 0 Å². The first-order chi connectivity index (χ1) is 10.2. The fraction of sp³-hybridized carbons (Fsp3) is 0.176. The van der Waals surface area contributed by atoms with Crippen LogP contribution in [0.15, 0.2) is 48.5 Å². The van der Waals surface area contributed by atoms with Crippen molar-refractivity contribution < 1.29 is 9.59 Å². The summed E-state index contributed by atoms with van der Waals surface area (Å²) in [6, 6.07) is 14.8. The van der Waals surface area contributed by atoms with E-state index in [0.717, 1.165) is 11.1 Å². The van der Waals surface area contributed by atoms with Crippen molar-refractivity contribution in [1.29, 1.82) is 0 Å². The number of rotatable bonds is 4. The molecule has 0 aromatic heterocycles. The van der Waals surface area contributed by atoms with E-state index in [0.29, 0.717) is 24.2 Å². The molecule has 0 unspecified atom stereocenters. The number of carbonyl (C=O) groups excluding carboxylic acids is 2. The average Bonchev–Trinajstić information content (AvgIpc) is 2.75. The van der Waals surface area contributed by atoms with Gasteiger partial charge in [0.25, 0.3) is 11.8 Å². The molecule has 1 heterocycles. The lowest BCUT2D eigenvalue weighted by molar-refractivity contribution is 0.0642. The van der Waals surface area contributed by atoms with Gasteiger partial charge >= 0.3 is 0 Å². The molecule has 0 spiro atoms. The van der Waals surface area contributed by atoms with Gasteiger partial charge in [-0.25, -0.2) is 0 Å². The number of benzene rings is 2. The first-order valence-electron chi connectivity index (χ1n) is 6.89. The number of nitrogens with one attached hydrogen (secondary N) is 1. The summed E-state index contributed by atoms with van der Waals surface area (Å²) in [5.74, 6) is -0.426. The molecule has 1 N–H and O–H groups in total. The Labute approximate surface area is 123 Å². The van der Waals surface area contributed by atoms with E-state index in [1.165, 1.54) is 4.90 Å². The molecule has 0 bridgehead atoms. The molecule has 0 radical (unpaired) electrons. The van der Waals surface area contributed by atoms with Crippen molar-refractivity contribution in [3.63, 3.8) is 0 Å². The van der Waals surface area contributed by atoms with Gasteiger partial charge in [-0.3, -0.25) is 14.5 Å². The number of fused-ring (bicyclic) bond motifs is 1. The second-order valence-corrected chi connectivity index (χ2v) is 5.04. The van der Waals surface area contributed by atoms with Gasteiger partial charge in [-0.05, 0) is 30.3 Å². The van der Waals surface area contributed by atoms with E-state index in [1.807, 2.05) is 31.3 Å². The number of imide groups is 1. The van der Waals surface area contributed by atoms with Crippen molar-refractivity contribution in [3.05, 3.63) is 70.8 Å². The second-order valence-electron chi connectivity index (χ2n) is 5.04. The van der Waals surface area contributed by atoms with Crippen LogP contribution in [0.2, 0.25) is 0 Å². The topological polar surface area (TPSA) is 49.4 Å². The van der Waals surface area contributed by atoms with E-state index < -0.39 is 0 Å². The van der Waals surface area contributed by atoms with Crippen LogP contribution in [0.1, 0.15) is 31.8 Å². The van der Waals surface area contributed by atoms with Crippen LogP contribution in [0.3, 0.4) is 0 Å².